The van der Waals surface area contributed by atoms with Gasteiger partial charge >= 0.3 is 5.97 Å². The minimum absolute atomic E-state index is 0.0143. The highest BCUT2D eigenvalue weighted by atomic mass is 35.5. The Morgan fingerprint density at radius 1 is 1.40 bits per heavy atom. The highest BCUT2D eigenvalue weighted by molar-refractivity contribution is 6.29. The maximum absolute atomic E-state index is 13.2. The molecule has 0 aliphatic rings. The summed E-state index contributed by atoms with van der Waals surface area (Å²) in [5.41, 5.74) is 0.0892. The third kappa shape index (κ3) is 2.84. The Morgan fingerprint density at radius 3 is 2.80 bits per heavy atom. The van der Waals surface area contributed by atoms with Crippen LogP contribution in [0.5, 0.6) is 0 Å². The van der Waals surface area contributed by atoms with Gasteiger partial charge in [0.1, 0.15) is 28.4 Å². The maximum Gasteiger partial charge on any atom is 0.339 e. The SMILES string of the molecule is N#Cc1cc(Nc2nc(Cl)ccc2C(=O)O)ccc1F. The van der Waals surface area contributed by atoms with Crippen LogP contribution in [0.1, 0.15) is 15.9 Å². The molecule has 0 radical (unpaired) electrons. The Kier molecular flexibility index (Phi) is 3.82. The van der Waals surface area contributed by atoms with Crippen molar-refractivity contribution in [3.63, 3.8) is 0 Å². The number of carbonyl (C=O) groups is 1. The Labute approximate surface area is 118 Å². The van der Waals surface area contributed by atoms with Crippen LogP contribution >= 0.6 is 11.6 Å². The molecule has 0 atom stereocenters. The molecular formula is C13H7ClFN3O2. The second-order valence-corrected chi connectivity index (χ2v) is 4.15. The standard InChI is InChI=1S/C13H7ClFN3O2/c14-11-4-2-9(13(19)20)12(18-11)17-8-1-3-10(15)7(5-8)6-16/h1-5H,(H,17,18)(H,19,20). The Balaban J connectivity index is 2.42. The summed E-state index contributed by atoms with van der Waals surface area (Å²) in [5.74, 6) is -1.82. The number of benzene rings is 1. The number of aromatic nitrogens is 1. The van der Waals surface area contributed by atoms with Crippen molar-refractivity contribution in [2.24, 2.45) is 0 Å². The summed E-state index contributed by atoms with van der Waals surface area (Å²) in [4.78, 5) is 14.9. The number of rotatable bonds is 3. The van der Waals surface area contributed by atoms with Gasteiger partial charge in [-0.1, -0.05) is 11.6 Å². The lowest BCUT2D eigenvalue weighted by atomic mass is 10.2. The number of nitrogens with one attached hydrogen (secondary N) is 1. The molecule has 20 heavy (non-hydrogen) atoms. The molecule has 0 bridgehead atoms. The van der Waals surface area contributed by atoms with E-state index >= 15 is 0 Å². The quantitative estimate of drug-likeness (QED) is 0.848. The minimum Gasteiger partial charge on any atom is -0.478 e. The third-order valence-electron chi connectivity index (χ3n) is 2.44. The first-order valence-corrected chi connectivity index (χ1v) is 5.75. The van der Waals surface area contributed by atoms with Gasteiger partial charge in [0.05, 0.1) is 5.56 Å². The van der Waals surface area contributed by atoms with Crippen LogP contribution in [0.15, 0.2) is 30.3 Å². The lowest BCUT2D eigenvalue weighted by Crippen LogP contribution is -2.05. The molecule has 0 spiro atoms. The van der Waals surface area contributed by atoms with Crippen LogP contribution in [0.2, 0.25) is 5.15 Å². The molecule has 5 nitrogen and oxygen atoms in total. The van der Waals surface area contributed by atoms with E-state index in [4.69, 9.17) is 22.0 Å². The van der Waals surface area contributed by atoms with E-state index in [1.807, 2.05) is 0 Å². The smallest absolute Gasteiger partial charge is 0.339 e. The number of carboxylic acids is 1. The van der Waals surface area contributed by atoms with Crippen LogP contribution in [-0.4, -0.2) is 16.1 Å². The van der Waals surface area contributed by atoms with Crippen LogP contribution in [-0.2, 0) is 0 Å². The van der Waals surface area contributed by atoms with Crippen molar-refractivity contribution in [1.82, 2.24) is 4.98 Å². The number of nitriles is 1. The molecule has 0 fully saturated rings. The molecule has 0 saturated carbocycles. The van der Waals surface area contributed by atoms with Crippen LogP contribution < -0.4 is 5.32 Å². The van der Waals surface area contributed by atoms with E-state index in [9.17, 15) is 9.18 Å². The predicted octanol–water partition coefficient (Wildman–Crippen LogP) is 3.19. The minimum atomic E-state index is -1.18. The van der Waals surface area contributed by atoms with Crippen molar-refractivity contribution in [2.45, 2.75) is 0 Å². The van der Waals surface area contributed by atoms with Gasteiger partial charge in [0.2, 0.25) is 0 Å². The Hall–Kier alpha value is -2.65. The molecule has 2 rings (SSSR count). The fourth-order valence-corrected chi connectivity index (χ4v) is 1.68. The van der Waals surface area contributed by atoms with Gasteiger partial charge in [0.25, 0.3) is 0 Å². The highest BCUT2D eigenvalue weighted by Gasteiger charge is 2.13. The molecule has 1 aromatic carbocycles. The average molecular weight is 292 g/mol. The fourth-order valence-electron chi connectivity index (χ4n) is 1.53. The van der Waals surface area contributed by atoms with Gasteiger partial charge < -0.3 is 10.4 Å². The molecule has 0 aliphatic heterocycles. The number of carboxylic acid groups (broad SMARTS) is 1. The zero-order chi connectivity index (χ0) is 14.7. The van der Waals surface area contributed by atoms with E-state index in [-0.39, 0.29) is 22.1 Å². The zero-order valence-electron chi connectivity index (χ0n) is 9.89. The van der Waals surface area contributed by atoms with Crippen LogP contribution in [0.3, 0.4) is 0 Å². The predicted molar refractivity (Wildman–Crippen MR) is 70.6 cm³/mol. The van der Waals surface area contributed by atoms with Crippen molar-refractivity contribution in [1.29, 1.82) is 5.26 Å². The van der Waals surface area contributed by atoms with Crippen LogP contribution in [0, 0.1) is 17.1 Å². The van der Waals surface area contributed by atoms with Gasteiger partial charge in [-0.3, -0.25) is 0 Å². The average Bonchev–Trinajstić information content (AvgIpc) is 2.40. The van der Waals surface area contributed by atoms with Crippen molar-refractivity contribution in [3.8, 4) is 6.07 Å². The van der Waals surface area contributed by atoms with E-state index in [1.54, 1.807) is 6.07 Å². The first-order chi connectivity index (χ1) is 9.51. The van der Waals surface area contributed by atoms with Gasteiger partial charge in [-0.25, -0.2) is 14.2 Å². The Bertz CT molecular complexity index is 728. The molecule has 2 aromatic rings. The van der Waals surface area contributed by atoms with Crippen molar-refractivity contribution >= 4 is 29.1 Å². The van der Waals surface area contributed by atoms with Crippen molar-refractivity contribution in [3.05, 3.63) is 52.4 Å². The number of aromatic carboxylic acids is 1. The monoisotopic (exact) mass is 291 g/mol. The second kappa shape index (κ2) is 5.55. The van der Waals surface area contributed by atoms with E-state index in [0.717, 1.165) is 6.07 Å². The van der Waals surface area contributed by atoms with E-state index in [1.165, 1.54) is 24.3 Å². The zero-order valence-corrected chi connectivity index (χ0v) is 10.6. The fraction of sp³-hybridized carbons (Fsp3) is 0. The van der Waals surface area contributed by atoms with E-state index < -0.39 is 11.8 Å². The third-order valence-corrected chi connectivity index (χ3v) is 2.65. The molecule has 0 amide bonds. The Morgan fingerprint density at radius 2 is 2.15 bits per heavy atom. The molecule has 0 saturated heterocycles. The number of anilines is 2. The van der Waals surface area contributed by atoms with Crippen LogP contribution in [0.25, 0.3) is 0 Å². The maximum atomic E-state index is 13.2. The second-order valence-electron chi connectivity index (χ2n) is 3.77. The molecule has 2 N–H and O–H groups in total. The van der Waals surface area contributed by atoms with Gasteiger partial charge in [-0.05, 0) is 30.3 Å². The molecule has 1 aromatic heterocycles. The van der Waals surface area contributed by atoms with E-state index in [0.29, 0.717) is 5.69 Å². The van der Waals surface area contributed by atoms with Gasteiger partial charge in [0, 0.05) is 5.69 Å². The van der Waals surface area contributed by atoms with Crippen molar-refractivity contribution in [2.75, 3.05) is 5.32 Å². The lowest BCUT2D eigenvalue weighted by molar-refractivity contribution is 0.0697. The molecule has 100 valence electrons. The molecule has 7 heteroatoms. The van der Waals surface area contributed by atoms with Crippen molar-refractivity contribution < 1.29 is 14.3 Å². The molecular weight excluding hydrogens is 285 g/mol. The summed E-state index contributed by atoms with van der Waals surface area (Å²) in [6, 6.07) is 8.06. The summed E-state index contributed by atoms with van der Waals surface area (Å²) < 4.78 is 13.2. The number of pyridine rings is 1. The van der Waals surface area contributed by atoms with Gasteiger partial charge in [-0.2, -0.15) is 5.26 Å². The summed E-state index contributed by atoms with van der Waals surface area (Å²) in [6.07, 6.45) is 0. The topological polar surface area (TPSA) is 86.0 Å². The summed E-state index contributed by atoms with van der Waals surface area (Å²) in [7, 11) is 0. The molecule has 0 aliphatic carbocycles. The first kappa shape index (κ1) is 13.8. The highest BCUT2D eigenvalue weighted by Crippen LogP contribution is 2.22. The largest absolute Gasteiger partial charge is 0.478 e. The van der Waals surface area contributed by atoms with Crippen LogP contribution in [0.4, 0.5) is 15.9 Å². The van der Waals surface area contributed by atoms with Gasteiger partial charge in [-0.15, -0.1) is 0 Å². The molecule has 0 unspecified atom stereocenters. The summed E-state index contributed by atoms with van der Waals surface area (Å²) >= 11 is 5.72. The normalized spacial score (nSPS) is 9.85. The van der Waals surface area contributed by atoms with E-state index in [2.05, 4.69) is 10.3 Å². The van der Waals surface area contributed by atoms with Gasteiger partial charge in [0.15, 0.2) is 0 Å². The first-order valence-electron chi connectivity index (χ1n) is 5.38. The molecule has 1 heterocycles. The lowest BCUT2D eigenvalue weighted by Gasteiger charge is -2.09. The summed E-state index contributed by atoms with van der Waals surface area (Å²) in [5, 5.41) is 20.6. The number of hydrogen-bond acceptors (Lipinski definition) is 4. The number of hydrogen-bond donors (Lipinski definition) is 2. The summed E-state index contributed by atoms with van der Waals surface area (Å²) in [6.45, 7) is 0. The number of nitrogens with zero attached hydrogens (tertiary/aromatic N) is 2. The number of halogens is 2.